The highest BCUT2D eigenvalue weighted by molar-refractivity contribution is 6.76. The van der Waals surface area contributed by atoms with Gasteiger partial charge in [-0.15, -0.1) is 0 Å². The van der Waals surface area contributed by atoms with E-state index in [0.29, 0.717) is 6.61 Å². The molecule has 26 heteroatoms. The first kappa shape index (κ1) is 61.0. The van der Waals surface area contributed by atoms with E-state index in [1.165, 1.54) is 84.6 Å². The van der Waals surface area contributed by atoms with Crippen molar-refractivity contribution in [1.29, 1.82) is 0 Å². The lowest BCUT2D eigenvalue weighted by Gasteiger charge is -2.51. The zero-order valence-corrected chi connectivity index (χ0v) is 44.5. The van der Waals surface area contributed by atoms with Crippen LogP contribution < -0.4 is 0 Å². The Kier molecular flexibility index (Phi) is 24.8. The number of esters is 4. The fraction of sp³-hybridized carbons (Fsp3) is 0.911. The molecule has 1 N–H and O–H groups in total. The maximum atomic E-state index is 12.4. The summed E-state index contributed by atoms with van der Waals surface area (Å²) in [7, 11) is 9.74. The minimum atomic E-state index is -1.51. The van der Waals surface area contributed by atoms with Crippen molar-refractivity contribution in [3.8, 4) is 0 Å². The van der Waals surface area contributed by atoms with Crippen molar-refractivity contribution in [2.24, 2.45) is 0 Å². The molecule has 20 atom stereocenters. The van der Waals surface area contributed by atoms with E-state index in [1.54, 1.807) is 0 Å². The number of rotatable bonds is 26. The second kappa shape index (κ2) is 28.9. The second-order valence-corrected chi connectivity index (χ2v) is 24.1. The molecular formula is C45H78O25Si. The van der Waals surface area contributed by atoms with Gasteiger partial charge in [-0.05, 0) is 6.04 Å². The van der Waals surface area contributed by atoms with Crippen molar-refractivity contribution in [1.82, 2.24) is 0 Å². The summed E-state index contributed by atoms with van der Waals surface area (Å²) in [6.07, 6.45) is -22.4. The third-order valence-electron chi connectivity index (χ3n) is 12.4. The highest BCUT2D eigenvalue weighted by Gasteiger charge is 2.58. The summed E-state index contributed by atoms with van der Waals surface area (Å²) in [5, 5.41) is 11.1. The molecule has 0 aromatic carbocycles. The predicted octanol–water partition coefficient (Wildman–Crippen LogP) is 0.130. The summed E-state index contributed by atoms with van der Waals surface area (Å²) >= 11 is 0. The molecule has 0 spiro atoms. The topological polar surface area (TPSA) is 273 Å². The van der Waals surface area contributed by atoms with Crippen LogP contribution in [0.2, 0.25) is 25.7 Å². The van der Waals surface area contributed by atoms with Gasteiger partial charge in [-0.25, -0.2) is 0 Å². The molecule has 0 radical (unpaired) electrons. The Morgan fingerprint density at radius 2 is 0.662 bits per heavy atom. The maximum Gasteiger partial charge on any atom is 0.302 e. The number of carbonyl (C=O) groups excluding carboxylic acids is 4. The van der Waals surface area contributed by atoms with Gasteiger partial charge < -0.3 is 99.8 Å². The fourth-order valence-corrected chi connectivity index (χ4v) is 9.56. The zero-order chi connectivity index (χ0) is 52.7. The van der Waals surface area contributed by atoms with Crippen molar-refractivity contribution in [2.75, 3.05) is 89.9 Å². The number of aliphatic hydroxyl groups excluding tert-OH is 1. The van der Waals surface area contributed by atoms with E-state index < -0.39 is 168 Å². The average Bonchev–Trinajstić information content (AvgIpc) is 3.31. The molecule has 71 heavy (non-hydrogen) atoms. The lowest BCUT2D eigenvalue weighted by molar-refractivity contribution is -0.394. The van der Waals surface area contributed by atoms with E-state index in [0.717, 1.165) is 6.04 Å². The van der Waals surface area contributed by atoms with Crippen LogP contribution in [-0.2, 0) is 114 Å². The summed E-state index contributed by atoms with van der Waals surface area (Å²) in [6, 6.07) is 0.836. The minimum Gasteiger partial charge on any atom is -0.463 e. The zero-order valence-electron chi connectivity index (χ0n) is 43.5. The quantitative estimate of drug-likeness (QED) is 0.0685. The Balaban J connectivity index is 1.70. The Bertz CT molecular complexity index is 1640. The van der Waals surface area contributed by atoms with Crippen molar-refractivity contribution in [3.05, 3.63) is 0 Å². The highest BCUT2D eigenvalue weighted by Crippen LogP contribution is 2.38. The first-order valence-corrected chi connectivity index (χ1v) is 27.0. The predicted molar refractivity (Wildman–Crippen MR) is 242 cm³/mol. The average molecular weight is 1050 g/mol. The molecule has 4 heterocycles. The standard InChI is InChI=1S/C45H78O25Si/c1-22(46)60-18-26-30(50)34(51-5)38(55-9)43(64-26)68-32-28(20-62-24(3)48)66-45(40(57-11)36(32)53-7)70-33-29(21-63-25(4)49)67-44(41(58-12)37(33)54-8)69-31-27(19-61-23(2)47)65-42(39(56-10)35(31)52-6)59-16-17-71(13,14)15/h26-45,50H,16-21H2,1-15H3/t26-,27-,28-,29-,30-,31-,32-,33-,34+,35+,36+,37+,38-,39-,40-,41-,42+,43-,44-,45-/m1/s1. The van der Waals surface area contributed by atoms with Gasteiger partial charge in [0.05, 0.1) is 0 Å². The largest absolute Gasteiger partial charge is 0.463 e. The van der Waals surface area contributed by atoms with Gasteiger partial charge in [0.2, 0.25) is 0 Å². The van der Waals surface area contributed by atoms with Crippen LogP contribution in [0.25, 0.3) is 0 Å². The molecular weight excluding hydrogens is 969 g/mol. The van der Waals surface area contributed by atoms with Gasteiger partial charge in [0.1, 0.15) is 124 Å². The van der Waals surface area contributed by atoms with E-state index >= 15 is 0 Å². The number of hydrogen-bond donors (Lipinski definition) is 1. The molecule has 4 aliphatic rings. The van der Waals surface area contributed by atoms with Crippen LogP contribution in [0.5, 0.6) is 0 Å². The van der Waals surface area contributed by atoms with Crippen LogP contribution in [0.3, 0.4) is 0 Å². The van der Waals surface area contributed by atoms with Gasteiger partial charge >= 0.3 is 23.9 Å². The molecule has 4 aliphatic heterocycles. The molecule has 412 valence electrons. The maximum absolute atomic E-state index is 12.4. The Morgan fingerprint density at radius 1 is 0.394 bits per heavy atom. The van der Waals surface area contributed by atoms with Gasteiger partial charge in [0.15, 0.2) is 25.2 Å². The third kappa shape index (κ3) is 16.5. The van der Waals surface area contributed by atoms with Crippen LogP contribution in [0, 0.1) is 0 Å². The first-order chi connectivity index (χ1) is 33.7. The van der Waals surface area contributed by atoms with E-state index in [2.05, 4.69) is 19.6 Å². The molecule has 0 bridgehead atoms. The van der Waals surface area contributed by atoms with Crippen molar-refractivity contribution >= 4 is 32.0 Å². The second-order valence-electron chi connectivity index (χ2n) is 18.5. The smallest absolute Gasteiger partial charge is 0.302 e. The number of methoxy groups -OCH3 is 8. The Hall–Kier alpha value is -2.58. The van der Waals surface area contributed by atoms with E-state index in [9.17, 15) is 24.3 Å². The van der Waals surface area contributed by atoms with Gasteiger partial charge in [-0.2, -0.15) is 0 Å². The van der Waals surface area contributed by atoms with E-state index in [-0.39, 0.29) is 13.2 Å². The number of carbonyl (C=O) groups is 4. The van der Waals surface area contributed by atoms with Crippen LogP contribution in [0.1, 0.15) is 27.7 Å². The van der Waals surface area contributed by atoms with Gasteiger partial charge in [0, 0.05) is 99.3 Å². The monoisotopic (exact) mass is 1050 g/mol. The molecule has 4 saturated heterocycles. The van der Waals surface area contributed by atoms with Crippen molar-refractivity contribution < 1.29 is 119 Å². The summed E-state index contributed by atoms with van der Waals surface area (Å²) < 4.78 is 121. The molecule has 25 nitrogen and oxygen atoms in total. The van der Waals surface area contributed by atoms with Gasteiger partial charge in [-0.1, -0.05) is 19.6 Å². The molecule has 0 saturated carbocycles. The molecule has 0 aliphatic carbocycles. The molecule has 0 unspecified atom stereocenters. The minimum absolute atomic E-state index is 0.259. The Morgan fingerprint density at radius 3 is 0.958 bits per heavy atom. The highest BCUT2D eigenvalue weighted by atomic mass is 28.3. The summed E-state index contributed by atoms with van der Waals surface area (Å²) in [5.74, 6) is -2.46. The fourth-order valence-electron chi connectivity index (χ4n) is 8.83. The number of hydrogen-bond acceptors (Lipinski definition) is 25. The molecule has 0 aromatic rings. The van der Waals surface area contributed by atoms with Crippen LogP contribution in [0.15, 0.2) is 0 Å². The number of aliphatic hydroxyl groups is 1. The van der Waals surface area contributed by atoms with Gasteiger partial charge in [0.25, 0.3) is 0 Å². The Labute approximate surface area is 416 Å². The normalized spacial score (nSPS) is 37.7. The summed E-state index contributed by atoms with van der Waals surface area (Å²) in [5.41, 5.74) is 0. The lowest BCUT2D eigenvalue weighted by atomic mass is 9.95. The molecule has 4 fully saturated rings. The molecule has 4 rings (SSSR count). The number of ether oxygens (including phenoxy) is 20. The third-order valence-corrected chi connectivity index (χ3v) is 14.1. The van der Waals surface area contributed by atoms with Crippen LogP contribution in [0.4, 0.5) is 0 Å². The van der Waals surface area contributed by atoms with E-state index in [4.69, 9.17) is 94.7 Å². The SMILES string of the molecule is CO[C@@H]1[C@@H](OC)[C@@H](OCC[Si](C)(C)C)O[C@H](COC(C)=O)[C@H]1O[C@H]1O[C@H](COC(C)=O)[C@@H](O[C@H]2O[C@H](COC(C)=O)[C@@H](O[C@H]3O[C@H](COC(C)=O)[C@@H](O)[C@H](OC)[C@H]3OC)[C@H](OC)[C@H]2OC)[C@H](OC)[C@H]1OC. The van der Waals surface area contributed by atoms with Crippen molar-refractivity contribution in [2.45, 2.75) is 176 Å². The lowest BCUT2D eigenvalue weighted by Crippen LogP contribution is -2.68. The molecule has 0 amide bonds. The summed E-state index contributed by atoms with van der Waals surface area (Å²) in [6.45, 7) is 10.5. The van der Waals surface area contributed by atoms with Crippen LogP contribution >= 0.6 is 0 Å². The van der Waals surface area contributed by atoms with E-state index in [1.807, 2.05) is 0 Å². The van der Waals surface area contributed by atoms with Crippen molar-refractivity contribution in [3.63, 3.8) is 0 Å². The first-order valence-electron chi connectivity index (χ1n) is 23.3. The summed E-state index contributed by atoms with van der Waals surface area (Å²) in [4.78, 5) is 48.6. The van der Waals surface area contributed by atoms with Crippen LogP contribution in [-0.4, -0.2) is 250 Å². The molecule has 0 aromatic heterocycles. The van der Waals surface area contributed by atoms with Gasteiger partial charge in [-0.3, -0.25) is 19.2 Å².